The van der Waals surface area contributed by atoms with Crippen molar-refractivity contribution in [2.24, 2.45) is 5.41 Å². The number of amides is 1. The van der Waals surface area contributed by atoms with E-state index in [9.17, 15) is 18.0 Å². The second kappa shape index (κ2) is 8.49. The van der Waals surface area contributed by atoms with Gasteiger partial charge in [0, 0.05) is 17.9 Å². The Labute approximate surface area is 179 Å². The number of nitrogens with zero attached hydrogens (tertiary/aromatic N) is 2. The molecule has 2 aromatic rings. The number of alkyl halides is 3. The molecule has 1 aromatic carbocycles. The van der Waals surface area contributed by atoms with Crippen LogP contribution in [0.1, 0.15) is 43.5 Å². The molecule has 5 nitrogen and oxygen atoms in total. The highest BCUT2D eigenvalue weighted by molar-refractivity contribution is 6.00. The molecule has 0 atom stereocenters. The predicted octanol–water partition coefficient (Wildman–Crippen LogP) is 5.17. The van der Waals surface area contributed by atoms with Gasteiger partial charge in [-0.2, -0.15) is 0 Å². The predicted molar refractivity (Wildman–Crippen MR) is 109 cm³/mol. The van der Waals surface area contributed by atoms with Crippen molar-refractivity contribution in [3.05, 3.63) is 53.9 Å². The first kappa shape index (κ1) is 21.6. The number of carbonyl (C=O) groups is 1. The zero-order valence-corrected chi connectivity index (χ0v) is 17.3. The molecule has 2 aliphatic rings. The Bertz CT molecular complexity index is 922. The van der Waals surface area contributed by atoms with Gasteiger partial charge >= 0.3 is 6.36 Å². The van der Waals surface area contributed by atoms with E-state index in [0.717, 1.165) is 43.5 Å². The van der Waals surface area contributed by atoms with E-state index in [4.69, 9.17) is 4.74 Å². The Morgan fingerprint density at radius 1 is 1.10 bits per heavy atom. The minimum atomic E-state index is -4.73. The van der Waals surface area contributed by atoms with Gasteiger partial charge in [0.2, 0.25) is 5.91 Å². The highest BCUT2D eigenvalue weighted by atomic mass is 19.4. The summed E-state index contributed by atoms with van der Waals surface area (Å²) >= 11 is 0. The van der Waals surface area contributed by atoms with Crippen molar-refractivity contribution >= 4 is 11.6 Å². The molecule has 1 saturated heterocycles. The second-order valence-electron chi connectivity index (χ2n) is 8.31. The normalized spacial score (nSPS) is 24.1. The Kier molecular flexibility index (Phi) is 5.92. The lowest BCUT2D eigenvalue weighted by Gasteiger charge is -2.35. The number of hydrogen-bond acceptors (Lipinski definition) is 4. The molecule has 31 heavy (non-hydrogen) atoms. The number of pyridine rings is 1. The summed E-state index contributed by atoms with van der Waals surface area (Å²) in [5.41, 5.74) is 2.06. The first-order valence-corrected chi connectivity index (χ1v) is 10.5. The summed E-state index contributed by atoms with van der Waals surface area (Å²) in [7, 11) is 0. The van der Waals surface area contributed by atoms with E-state index < -0.39 is 11.8 Å². The van der Waals surface area contributed by atoms with Crippen molar-refractivity contribution in [1.29, 1.82) is 0 Å². The molecular formula is C23H25F3N2O3. The first-order chi connectivity index (χ1) is 14.7. The maximum Gasteiger partial charge on any atom is 0.573 e. The molecule has 1 amide bonds. The largest absolute Gasteiger partial charge is 0.573 e. The third-order valence-electron chi connectivity index (χ3n) is 6.20. The van der Waals surface area contributed by atoms with Crippen molar-refractivity contribution in [1.82, 2.24) is 4.98 Å². The van der Waals surface area contributed by atoms with Gasteiger partial charge in [0.15, 0.2) is 0 Å². The maximum atomic E-state index is 13.2. The van der Waals surface area contributed by atoms with Crippen LogP contribution < -0.4 is 9.64 Å². The molecule has 2 heterocycles. The van der Waals surface area contributed by atoms with Crippen LogP contribution in [-0.4, -0.2) is 29.9 Å². The first-order valence-electron chi connectivity index (χ1n) is 10.5. The minimum Gasteiger partial charge on any atom is -0.406 e. The van der Waals surface area contributed by atoms with E-state index in [2.05, 4.69) is 9.72 Å². The molecule has 4 rings (SSSR count). The number of aromatic nitrogens is 1. The molecule has 1 aromatic heterocycles. The van der Waals surface area contributed by atoms with Crippen molar-refractivity contribution in [3.63, 3.8) is 0 Å². The van der Waals surface area contributed by atoms with Gasteiger partial charge < -0.3 is 14.4 Å². The maximum absolute atomic E-state index is 13.2. The second-order valence-corrected chi connectivity index (χ2v) is 8.31. The Morgan fingerprint density at radius 2 is 1.81 bits per heavy atom. The molecule has 2 fully saturated rings. The summed E-state index contributed by atoms with van der Waals surface area (Å²) in [6.45, 7) is 2.98. The SMILES string of the molecule is Cc1cccc(CO[C@H]2CC[C@@]3(CCN(c4ccc(OC(F)(F)F)cc4)C3=O)CC2)n1. The fourth-order valence-electron chi connectivity index (χ4n) is 4.55. The molecule has 0 radical (unpaired) electrons. The lowest BCUT2D eigenvalue weighted by Crippen LogP contribution is -2.39. The number of benzene rings is 1. The van der Waals surface area contributed by atoms with Crippen molar-refractivity contribution in [2.75, 3.05) is 11.4 Å². The van der Waals surface area contributed by atoms with Crippen LogP contribution in [0.5, 0.6) is 5.75 Å². The van der Waals surface area contributed by atoms with Crippen molar-refractivity contribution in [2.45, 2.75) is 58.1 Å². The van der Waals surface area contributed by atoms with E-state index >= 15 is 0 Å². The van der Waals surface area contributed by atoms with E-state index in [1.807, 2.05) is 25.1 Å². The lowest BCUT2D eigenvalue weighted by atomic mass is 9.72. The summed E-state index contributed by atoms with van der Waals surface area (Å²) in [4.78, 5) is 19.3. The van der Waals surface area contributed by atoms with Gasteiger partial charge in [-0.3, -0.25) is 9.78 Å². The van der Waals surface area contributed by atoms with Crippen LogP contribution in [0.15, 0.2) is 42.5 Å². The number of hydrogen-bond donors (Lipinski definition) is 0. The molecule has 0 bridgehead atoms. The zero-order chi connectivity index (χ0) is 22.1. The van der Waals surface area contributed by atoms with Gasteiger partial charge in [0.1, 0.15) is 5.75 Å². The van der Waals surface area contributed by atoms with Gasteiger partial charge in [-0.25, -0.2) is 0 Å². The number of aryl methyl sites for hydroxylation is 1. The third-order valence-corrected chi connectivity index (χ3v) is 6.20. The van der Waals surface area contributed by atoms with Crippen LogP contribution in [0.2, 0.25) is 0 Å². The van der Waals surface area contributed by atoms with Crippen LogP contribution in [0.4, 0.5) is 18.9 Å². The monoisotopic (exact) mass is 434 g/mol. The van der Waals surface area contributed by atoms with Gasteiger partial charge in [0.25, 0.3) is 0 Å². The van der Waals surface area contributed by atoms with Crippen LogP contribution in [0.3, 0.4) is 0 Å². The number of rotatable bonds is 5. The average molecular weight is 434 g/mol. The Hall–Kier alpha value is -2.61. The Morgan fingerprint density at radius 3 is 2.45 bits per heavy atom. The Balaban J connectivity index is 1.33. The molecule has 0 N–H and O–H groups in total. The topological polar surface area (TPSA) is 51.7 Å². The molecule has 1 spiro atoms. The molecule has 1 saturated carbocycles. The van der Waals surface area contributed by atoms with E-state index in [1.165, 1.54) is 24.3 Å². The number of ether oxygens (including phenoxy) is 2. The summed E-state index contributed by atoms with van der Waals surface area (Å²) < 4.78 is 47.0. The van der Waals surface area contributed by atoms with Crippen LogP contribution in [0, 0.1) is 12.3 Å². The fourth-order valence-corrected chi connectivity index (χ4v) is 4.55. The molecule has 1 aliphatic carbocycles. The standard InChI is InChI=1S/C23H25F3N2O3/c1-16-3-2-4-17(27-16)15-30-19-9-11-22(12-10-19)13-14-28(21(22)29)18-5-7-20(8-6-18)31-23(24,25)26/h2-8,19H,9-15H2,1H3/t19-,22-. The third kappa shape index (κ3) is 5.01. The lowest BCUT2D eigenvalue weighted by molar-refractivity contribution is -0.274. The summed E-state index contributed by atoms with van der Waals surface area (Å²) in [6, 6.07) is 11.3. The highest BCUT2D eigenvalue weighted by Gasteiger charge is 2.48. The zero-order valence-electron chi connectivity index (χ0n) is 17.3. The smallest absolute Gasteiger partial charge is 0.406 e. The van der Waals surface area contributed by atoms with E-state index in [-0.39, 0.29) is 17.8 Å². The highest BCUT2D eigenvalue weighted by Crippen LogP contribution is 2.46. The van der Waals surface area contributed by atoms with Crippen molar-refractivity contribution < 1.29 is 27.4 Å². The van der Waals surface area contributed by atoms with E-state index in [1.54, 1.807) is 4.90 Å². The van der Waals surface area contributed by atoms with Gasteiger partial charge in [-0.15, -0.1) is 13.2 Å². The number of halogens is 3. The molecular weight excluding hydrogens is 409 g/mol. The van der Waals surface area contributed by atoms with Gasteiger partial charge in [0.05, 0.1) is 23.8 Å². The summed E-state index contributed by atoms with van der Waals surface area (Å²) in [5.74, 6) is -0.242. The minimum absolute atomic E-state index is 0.0517. The van der Waals surface area contributed by atoms with Crippen LogP contribution in [-0.2, 0) is 16.1 Å². The molecule has 1 aliphatic heterocycles. The van der Waals surface area contributed by atoms with Crippen LogP contribution >= 0.6 is 0 Å². The summed E-state index contributed by atoms with van der Waals surface area (Å²) in [5, 5.41) is 0. The molecule has 8 heteroatoms. The van der Waals surface area contributed by atoms with Crippen LogP contribution in [0.25, 0.3) is 0 Å². The van der Waals surface area contributed by atoms with Gasteiger partial charge in [-0.05, 0) is 75.4 Å². The molecule has 166 valence electrons. The van der Waals surface area contributed by atoms with Crippen molar-refractivity contribution in [3.8, 4) is 5.75 Å². The van der Waals surface area contributed by atoms with E-state index in [0.29, 0.717) is 18.8 Å². The number of carbonyl (C=O) groups excluding carboxylic acids is 1. The number of anilines is 1. The fraction of sp³-hybridized carbons (Fsp3) is 0.478. The quantitative estimate of drug-likeness (QED) is 0.652. The van der Waals surface area contributed by atoms with Gasteiger partial charge in [-0.1, -0.05) is 6.07 Å². The summed E-state index contributed by atoms with van der Waals surface area (Å²) in [6.07, 6.45) is -0.751. The average Bonchev–Trinajstić information content (AvgIpc) is 3.03. The molecule has 0 unspecified atom stereocenters.